The van der Waals surface area contributed by atoms with Gasteiger partial charge >= 0.3 is 0 Å². The number of hydrogen-bond acceptors (Lipinski definition) is 3. The monoisotopic (exact) mass is 758 g/mol. The molecular weight excluding hydrogens is 717 g/mol. The van der Waals surface area contributed by atoms with Gasteiger partial charge in [0.15, 0.2) is 0 Å². The summed E-state index contributed by atoms with van der Waals surface area (Å²) in [6.45, 7) is 4.35. The molecule has 2 aromatic heterocycles. The maximum absolute atomic E-state index is 4.82. The molecule has 0 saturated carbocycles. The van der Waals surface area contributed by atoms with Crippen LogP contribution in [0.3, 0.4) is 0 Å². The van der Waals surface area contributed by atoms with Crippen LogP contribution in [-0.2, 0) is 0 Å². The Morgan fingerprint density at radius 2 is 0.814 bits per heavy atom. The number of rotatable bonds is 9. The molecule has 0 N–H and O–H groups in total. The van der Waals surface area contributed by atoms with Crippen LogP contribution in [0.25, 0.3) is 49.9 Å². The number of pyridine rings is 1. The zero-order chi connectivity index (χ0) is 39.7. The van der Waals surface area contributed by atoms with Crippen molar-refractivity contribution in [2.75, 3.05) is 9.80 Å². The average Bonchev–Trinajstić information content (AvgIpc) is 3.61. The molecule has 8 aromatic carbocycles. The van der Waals surface area contributed by atoms with E-state index >= 15 is 0 Å². The average molecular weight is 759 g/mol. The third kappa shape index (κ3) is 6.71. The van der Waals surface area contributed by atoms with Crippen molar-refractivity contribution in [3.8, 4) is 28.1 Å². The summed E-state index contributed by atoms with van der Waals surface area (Å²) in [6, 6.07) is 75.8. The van der Waals surface area contributed by atoms with Crippen molar-refractivity contribution in [3.05, 3.63) is 230 Å². The molecule has 0 amide bonds. The molecule has 282 valence electrons. The summed E-state index contributed by atoms with van der Waals surface area (Å²) in [5, 5.41) is 2.34. The van der Waals surface area contributed by atoms with Crippen LogP contribution in [0.15, 0.2) is 219 Å². The van der Waals surface area contributed by atoms with E-state index in [2.05, 4.69) is 241 Å². The third-order valence-electron chi connectivity index (χ3n) is 11.3. The van der Waals surface area contributed by atoms with Crippen molar-refractivity contribution < 1.29 is 0 Å². The minimum Gasteiger partial charge on any atom is -0.310 e. The van der Waals surface area contributed by atoms with Gasteiger partial charge in [-0.3, -0.25) is 4.98 Å². The van der Waals surface area contributed by atoms with Crippen LogP contribution < -0.4 is 9.80 Å². The molecule has 0 aliphatic carbocycles. The summed E-state index contributed by atoms with van der Waals surface area (Å²) in [4.78, 5) is 9.49. The maximum atomic E-state index is 4.82. The molecule has 0 fully saturated rings. The van der Waals surface area contributed by atoms with Gasteiger partial charge in [-0.05, 0) is 145 Å². The van der Waals surface area contributed by atoms with Crippen molar-refractivity contribution in [2.45, 2.75) is 13.8 Å². The molecule has 0 atom stereocenters. The molecule has 4 heteroatoms. The number of para-hydroxylation sites is 4. The summed E-state index contributed by atoms with van der Waals surface area (Å²) < 4.78 is 2.40. The summed E-state index contributed by atoms with van der Waals surface area (Å²) in [6.07, 6.45) is 1.93. The van der Waals surface area contributed by atoms with Crippen LogP contribution in [-0.4, -0.2) is 9.55 Å². The van der Waals surface area contributed by atoms with Crippen LogP contribution in [0.2, 0.25) is 0 Å². The molecule has 10 aromatic rings. The number of anilines is 6. The van der Waals surface area contributed by atoms with Gasteiger partial charge in [0.25, 0.3) is 0 Å². The van der Waals surface area contributed by atoms with E-state index in [1.165, 1.54) is 33.0 Å². The van der Waals surface area contributed by atoms with E-state index in [9.17, 15) is 0 Å². The predicted molar refractivity (Wildman–Crippen MR) is 248 cm³/mol. The van der Waals surface area contributed by atoms with Crippen molar-refractivity contribution in [1.29, 1.82) is 0 Å². The smallest absolute Gasteiger partial charge is 0.0708 e. The number of aryl methyl sites for hydroxylation is 2. The lowest BCUT2D eigenvalue weighted by Crippen LogP contribution is -2.09. The number of aromatic nitrogens is 2. The SMILES string of the molecule is Cc1cccc(C)c1-c1ccnc(-c2ccc(-n3c4ccc(N(c5ccccc5)c5ccccc5)cc4c4cc(N(c5ccccc5)c5ccccc5)ccc43)cc2)c1. The lowest BCUT2D eigenvalue weighted by Gasteiger charge is -2.26. The van der Waals surface area contributed by atoms with Crippen molar-refractivity contribution in [3.63, 3.8) is 0 Å². The quantitative estimate of drug-likeness (QED) is 0.146. The van der Waals surface area contributed by atoms with Crippen LogP contribution in [0, 0.1) is 13.8 Å². The zero-order valence-electron chi connectivity index (χ0n) is 33.1. The topological polar surface area (TPSA) is 24.3 Å². The summed E-state index contributed by atoms with van der Waals surface area (Å²) >= 11 is 0. The number of hydrogen-bond donors (Lipinski definition) is 0. The first kappa shape index (κ1) is 35.7. The molecule has 0 aliphatic rings. The molecule has 59 heavy (non-hydrogen) atoms. The summed E-state index contributed by atoms with van der Waals surface area (Å²) in [5.74, 6) is 0. The number of nitrogens with zero attached hydrogens (tertiary/aromatic N) is 4. The Bertz CT molecular complexity index is 2810. The van der Waals surface area contributed by atoms with Crippen LogP contribution in [0.5, 0.6) is 0 Å². The fourth-order valence-corrected chi connectivity index (χ4v) is 8.55. The fraction of sp³-hybridized carbons (Fsp3) is 0.0364. The molecule has 0 radical (unpaired) electrons. The van der Waals surface area contributed by atoms with Crippen molar-refractivity contribution in [1.82, 2.24) is 9.55 Å². The van der Waals surface area contributed by atoms with Crippen molar-refractivity contribution >= 4 is 55.9 Å². The minimum absolute atomic E-state index is 0.956. The highest BCUT2D eigenvalue weighted by molar-refractivity contribution is 6.12. The van der Waals surface area contributed by atoms with E-state index in [0.29, 0.717) is 0 Å². The largest absolute Gasteiger partial charge is 0.310 e. The molecule has 0 bridgehead atoms. The first-order valence-corrected chi connectivity index (χ1v) is 20.1. The second-order valence-corrected chi connectivity index (χ2v) is 15.0. The molecule has 0 unspecified atom stereocenters. The predicted octanol–water partition coefficient (Wildman–Crippen LogP) is 15.1. The Balaban J connectivity index is 1.15. The highest BCUT2D eigenvalue weighted by Crippen LogP contribution is 2.43. The fourth-order valence-electron chi connectivity index (χ4n) is 8.55. The molecule has 0 aliphatic heterocycles. The summed E-state index contributed by atoms with van der Waals surface area (Å²) in [7, 11) is 0. The normalized spacial score (nSPS) is 11.2. The lowest BCUT2D eigenvalue weighted by atomic mass is 9.95. The van der Waals surface area contributed by atoms with Gasteiger partial charge in [-0.1, -0.05) is 103 Å². The zero-order valence-corrected chi connectivity index (χ0v) is 33.1. The van der Waals surface area contributed by atoms with Gasteiger partial charge < -0.3 is 14.4 Å². The molecule has 2 heterocycles. The maximum Gasteiger partial charge on any atom is 0.0708 e. The first-order valence-electron chi connectivity index (χ1n) is 20.1. The highest BCUT2D eigenvalue weighted by Gasteiger charge is 2.20. The standard InChI is InChI=1S/C55H42N4/c1-39-16-15-17-40(2)55(39)42-34-35-56-52(36-42)41-26-28-47(29-27-41)59-53-32-30-48(57(43-18-7-3-8-19-43)44-20-9-4-10-21-44)37-50(53)51-38-49(31-33-54(51)59)58(45-22-11-5-12-23-45)46-24-13-6-14-25-46/h3-38H,1-2H3. The van der Waals surface area contributed by atoms with Gasteiger partial charge in [0.1, 0.15) is 0 Å². The number of fused-ring (bicyclic) bond motifs is 3. The van der Waals surface area contributed by atoms with E-state index in [4.69, 9.17) is 4.98 Å². The van der Waals surface area contributed by atoms with Crippen molar-refractivity contribution in [2.24, 2.45) is 0 Å². The Morgan fingerprint density at radius 1 is 0.373 bits per heavy atom. The van der Waals surface area contributed by atoms with E-state index in [1.54, 1.807) is 0 Å². The van der Waals surface area contributed by atoms with Crippen LogP contribution in [0.1, 0.15) is 11.1 Å². The van der Waals surface area contributed by atoms with Gasteiger partial charge in [-0.15, -0.1) is 0 Å². The Morgan fingerprint density at radius 3 is 1.25 bits per heavy atom. The lowest BCUT2D eigenvalue weighted by molar-refractivity contribution is 1.18. The first-order chi connectivity index (χ1) is 29.1. The van der Waals surface area contributed by atoms with E-state index in [-0.39, 0.29) is 0 Å². The highest BCUT2D eigenvalue weighted by atomic mass is 15.1. The van der Waals surface area contributed by atoms with Gasteiger partial charge in [0.05, 0.1) is 16.7 Å². The minimum atomic E-state index is 0.956. The second kappa shape index (κ2) is 15.3. The van der Waals surface area contributed by atoms with E-state index < -0.39 is 0 Å². The second-order valence-electron chi connectivity index (χ2n) is 15.0. The van der Waals surface area contributed by atoms with Gasteiger partial charge in [0, 0.05) is 62.3 Å². The molecule has 0 saturated heterocycles. The Labute approximate surface area is 345 Å². The Hall–Kier alpha value is -7.69. The molecule has 10 rings (SSSR count). The number of benzene rings is 8. The Kier molecular flexibility index (Phi) is 9.28. The molecule has 4 nitrogen and oxygen atoms in total. The molecule has 0 spiro atoms. The molecular formula is C55H42N4. The van der Waals surface area contributed by atoms with Crippen LogP contribution >= 0.6 is 0 Å². The third-order valence-corrected chi connectivity index (χ3v) is 11.3. The van der Waals surface area contributed by atoms with E-state index in [0.717, 1.165) is 62.1 Å². The van der Waals surface area contributed by atoms with Gasteiger partial charge in [-0.2, -0.15) is 0 Å². The van der Waals surface area contributed by atoms with Gasteiger partial charge in [-0.25, -0.2) is 0 Å². The van der Waals surface area contributed by atoms with Gasteiger partial charge in [0.2, 0.25) is 0 Å². The summed E-state index contributed by atoms with van der Waals surface area (Å²) in [5.41, 5.74) is 17.0. The van der Waals surface area contributed by atoms with E-state index in [1.807, 2.05) is 6.20 Å². The van der Waals surface area contributed by atoms with Crippen LogP contribution in [0.4, 0.5) is 34.1 Å².